The molecule has 0 spiro atoms. The number of benzene rings is 1. The van der Waals surface area contributed by atoms with Crippen molar-refractivity contribution in [1.29, 1.82) is 0 Å². The van der Waals surface area contributed by atoms with Crippen molar-refractivity contribution >= 4 is 12.2 Å². The van der Waals surface area contributed by atoms with Crippen LogP contribution in [0.2, 0.25) is 0 Å². The minimum Gasteiger partial charge on any atom is -0.479 e. The second-order valence-electron chi connectivity index (χ2n) is 8.35. The summed E-state index contributed by atoms with van der Waals surface area (Å²) in [5, 5.41) is 4.54. The molecule has 1 aromatic carbocycles. The highest BCUT2D eigenvalue weighted by Gasteiger charge is 2.34. The number of fused-ring (bicyclic) bond motifs is 1. The van der Waals surface area contributed by atoms with E-state index in [0.717, 1.165) is 17.8 Å². The van der Waals surface area contributed by atoms with E-state index in [1.807, 2.05) is 29.8 Å². The van der Waals surface area contributed by atoms with Crippen molar-refractivity contribution in [3.05, 3.63) is 77.5 Å². The van der Waals surface area contributed by atoms with Crippen LogP contribution >= 0.6 is 0 Å². The Morgan fingerprint density at radius 2 is 1.92 bits per heavy atom. The first-order valence-corrected chi connectivity index (χ1v) is 11.3. The van der Waals surface area contributed by atoms with Gasteiger partial charge in [-0.2, -0.15) is 5.10 Å². The lowest BCUT2D eigenvalue weighted by molar-refractivity contribution is -0.275. The highest BCUT2D eigenvalue weighted by atomic mass is 19.4. The maximum atomic E-state index is 12.9. The van der Waals surface area contributed by atoms with Gasteiger partial charge in [-0.05, 0) is 50.1 Å². The van der Waals surface area contributed by atoms with E-state index in [-0.39, 0.29) is 11.7 Å². The Balaban J connectivity index is 1.41. The van der Waals surface area contributed by atoms with E-state index in [1.54, 1.807) is 42.4 Å². The summed E-state index contributed by atoms with van der Waals surface area (Å²) in [4.78, 5) is 13.4. The van der Waals surface area contributed by atoms with E-state index in [0.29, 0.717) is 41.8 Å². The largest absolute Gasteiger partial charge is 0.573 e. The van der Waals surface area contributed by atoms with Gasteiger partial charge in [0.25, 0.3) is 0 Å². The second kappa shape index (κ2) is 9.48. The third-order valence-electron chi connectivity index (χ3n) is 5.86. The number of nitrogens with zero attached hydrogens (tertiary/aromatic N) is 6. The van der Waals surface area contributed by atoms with Crippen molar-refractivity contribution in [3.8, 4) is 17.3 Å². The van der Waals surface area contributed by atoms with Gasteiger partial charge < -0.3 is 14.0 Å². The van der Waals surface area contributed by atoms with Crippen molar-refractivity contribution in [3.63, 3.8) is 0 Å². The predicted octanol–water partition coefficient (Wildman–Crippen LogP) is 5.17. The quantitative estimate of drug-likeness (QED) is 0.366. The molecule has 0 fully saturated rings. The zero-order valence-corrected chi connectivity index (χ0v) is 19.6. The van der Waals surface area contributed by atoms with Crippen LogP contribution in [0.1, 0.15) is 47.4 Å². The number of aromatic nitrogens is 6. The summed E-state index contributed by atoms with van der Waals surface area (Å²) in [7, 11) is 1.55. The van der Waals surface area contributed by atoms with Gasteiger partial charge in [0.05, 0.1) is 24.8 Å². The van der Waals surface area contributed by atoms with Gasteiger partial charge in [0, 0.05) is 24.2 Å². The molecule has 0 bridgehead atoms. The molecular weight excluding hydrogens is 473 g/mol. The smallest absolute Gasteiger partial charge is 0.479 e. The standard InChI is InChI=1S/C25H23F3N6O2/c1-16-14-33(15-29-16)20-11-9-17(30-24(20)35-2)10-12-22-31-23-19(7-5-13-34(23)32-22)18-6-3-4-8-21(18)36-25(26,27)28/h3-4,6,8-12,14-15,19H,5,7,13H2,1-2H3/b12-10+. The highest BCUT2D eigenvalue weighted by molar-refractivity contribution is 5.65. The van der Waals surface area contributed by atoms with Crippen molar-refractivity contribution in [2.24, 2.45) is 0 Å². The van der Waals surface area contributed by atoms with Gasteiger partial charge in [-0.15, -0.1) is 13.2 Å². The maximum absolute atomic E-state index is 12.9. The first-order chi connectivity index (χ1) is 17.3. The van der Waals surface area contributed by atoms with Gasteiger partial charge in [0.2, 0.25) is 5.88 Å². The van der Waals surface area contributed by atoms with Crippen LogP contribution in [0.25, 0.3) is 17.8 Å². The molecule has 4 heterocycles. The Morgan fingerprint density at radius 3 is 2.67 bits per heavy atom. The second-order valence-corrected chi connectivity index (χ2v) is 8.35. The third-order valence-corrected chi connectivity index (χ3v) is 5.86. The Morgan fingerprint density at radius 1 is 1.08 bits per heavy atom. The van der Waals surface area contributed by atoms with Crippen molar-refractivity contribution < 1.29 is 22.6 Å². The number of pyridine rings is 1. The molecule has 8 nitrogen and oxygen atoms in total. The van der Waals surface area contributed by atoms with Crippen LogP contribution in [0.15, 0.2) is 48.9 Å². The lowest BCUT2D eigenvalue weighted by Gasteiger charge is -2.24. The molecule has 11 heteroatoms. The lowest BCUT2D eigenvalue weighted by atomic mass is 9.90. The van der Waals surface area contributed by atoms with Crippen LogP contribution in [0.3, 0.4) is 0 Å². The number of rotatable bonds is 6. The summed E-state index contributed by atoms with van der Waals surface area (Å²) < 4.78 is 52.1. The Bertz CT molecular complexity index is 1410. The molecule has 0 saturated heterocycles. The predicted molar refractivity (Wildman–Crippen MR) is 126 cm³/mol. The molecular formula is C25H23F3N6O2. The van der Waals surface area contributed by atoms with E-state index < -0.39 is 6.36 Å². The average Bonchev–Trinajstić information content (AvgIpc) is 3.47. The van der Waals surface area contributed by atoms with Gasteiger partial charge in [0.1, 0.15) is 17.3 Å². The van der Waals surface area contributed by atoms with Crippen molar-refractivity contribution in [2.75, 3.05) is 7.11 Å². The van der Waals surface area contributed by atoms with Crippen LogP contribution in [0, 0.1) is 6.92 Å². The number of methoxy groups -OCH3 is 1. The van der Waals surface area contributed by atoms with Crippen LogP contribution in [-0.2, 0) is 6.54 Å². The van der Waals surface area contributed by atoms with E-state index in [2.05, 4.69) is 24.8 Å². The fourth-order valence-corrected chi connectivity index (χ4v) is 4.32. The molecule has 1 unspecified atom stereocenters. The number of aryl methyl sites for hydroxylation is 2. The van der Waals surface area contributed by atoms with E-state index in [4.69, 9.17) is 4.74 Å². The Kier molecular flexibility index (Phi) is 6.21. The molecule has 4 aromatic rings. The van der Waals surface area contributed by atoms with Gasteiger partial charge in [-0.25, -0.2) is 19.6 Å². The maximum Gasteiger partial charge on any atom is 0.573 e. The van der Waals surface area contributed by atoms with Gasteiger partial charge in [0.15, 0.2) is 5.82 Å². The third kappa shape index (κ3) is 4.95. The van der Waals surface area contributed by atoms with E-state index >= 15 is 0 Å². The Labute approximate surface area is 205 Å². The molecule has 186 valence electrons. The average molecular weight is 496 g/mol. The van der Waals surface area contributed by atoms with Gasteiger partial charge in [-0.3, -0.25) is 0 Å². The number of hydrogen-bond donors (Lipinski definition) is 0. The number of ether oxygens (including phenoxy) is 2. The molecule has 3 aromatic heterocycles. The summed E-state index contributed by atoms with van der Waals surface area (Å²) in [5.41, 5.74) is 2.71. The number of para-hydroxylation sites is 1. The molecule has 1 aliphatic heterocycles. The molecule has 36 heavy (non-hydrogen) atoms. The fraction of sp³-hybridized carbons (Fsp3) is 0.280. The van der Waals surface area contributed by atoms with Gasteiger partial charge in [-0.1, -0.05) is 18.2 Å². The number of halogens is 3. The zero-order chi connectivity index (χ0) is 25.3. The van der Waals surface area contributed by atoms with Crippen LogP contribution in [0.5, 0.6) is 11.6 Å². The van der Waals surface area contributed by atoms with Gasteiger partial charge >= 0.3 is 6.36 Å². The summed E-state index contributed by atoms with van der Waals surface area (Å²) in [6.07, 6.45) is 3.70. The lowest BCUT2D eigenvalue weighted by Crippen LogP contribution is -2.21. The molecule has 5 rings (SSSR count). The number of imidazole rings is 1. The first kappa shape index (κ1) is 23.6. The van der Waals surface area contributed by atoms with Crippen molar-refractivity contribution in [2.45, 2.75) is 38.6 Å². The minimum atomic E-state index is -4.77. The Hall–Kier alpha value is -4.15. The first-order valence-electron chi connectivity index (χ1n) is 11.3. The molecule has 1 atom stereocenters. The minimum absolute atomic E-state index is 0.215. The molecule has 0 aliphatic carbocycles. The normalized spacial score (nSPS) is 15.8. The SMILES string of the molecule is COc1nc(/C=C/c2nc3n(n2)CCCC3c2ccccc2OC(F)(F)F)ccc1-n1cnc(C)c1. The topological polar surface area (TPSA) is 79.9 Å². The van der Waals surface area contributed by atoms with Crippen molar-refractivity contribution in [1.82, 2.24) is 29.3 Å². The number of alkyl halides is 3. The zero-order valence-electron chi connectivity index (χ0n) is 19.6. The molecule has 0 N–H and O–H groups in total. The molecule has 0 radical (unpaired) electrons. The van der Waals surface area contributed by atoms with Crippen LogP contribution < -0.4 is 9.47 Å². The summed E-state index contributed by atoms with van der Waals surface area (Å²) in [6, 6.07) is 9.91. The fourth-order valence-electron chi connectivity index (χ4n) is 4.32. The molecule has 0 amide bonds. The van der Waals surface area contributed by atoms with Crippen LogP contribution in [-0.4, -0.2) is 42.8 Å². The summed E-state index contributed by atoms with van der Waals surface area (Å²) >= 11 is 0. The number of hydrogen-bond acceptors (Lipinski definition) is 6. The summed E-state index contributed by atoms with van der Waals surface area (Å²) in [6.45, 7) is 2.54. The summed E-state index contributed by atoms with van der Waals surface area (Å²) in [5.74, 6) is 0.917. The molecule has 0 saturated carbocycles. The monoisotopic (exact) mass is 496 g/mol. The van der Waals surface area contributed by atoms with E-state index in [1.165, 1.54) is 12.1 Å². The highest BCUT2D eigenvalue weighted by Crippen LogP contribution is 2.39. The van der Waals surface area contributed by atoms with E-state index in [9.17, 15) is 13.2 Å². The van der Waals surface area contributed by atoms with Crippen LogP contribution in [0.4, 0.5) is 13.2 Å². The molecule has 1 aliphatic rings.